The van der Waals surface area contributed by atoms with Gasteiger partial charge in [-0.05, 0) is 51.1 Å². The van der Waals surface area contributed by atoms with Crippen LogP contribution in [0.5, 0.6) is 5.75 Å². The van der Waals surface area contributed by atoms with Crippen LogP contribution in [-0.2, 0) is 38.8 Å². The Bertz CT molecular complexity index is 1860. The number of piperazine rings is 1. The number of hydrogen-bond donors (Lipinski definition) is 0. The number of anilines is 2. The van der Waals surface area contributed by atoms with Gasteiger partial charge >= 0.3 is 12.1 Å². The third kappa shape index (κ3) is 6.41. The van der Waals surface area contributed by atoms with Crippen molar-refractivity contribution in [2.24, 2.45) is 0 Å². The lowest BCUT2D eigenvalue weighted by molar-refractivity contribution is -0.219. The summed E-state index contributed by atoms with van der Waals surface area (Å²) in [4.78, 5) is 61.6. The summed E-state index contributed by atoms with van der Waals surface area (Å²) in [5.41, 5.74) is 4.40. The third-order valence-electron chi connectivity index (χ3n) is 9.46. The second kappa shape index (κ2) is 13.1. The van der Waals surface area contributed by atoms with Gasteiger partial charge in [-0.2, -0.15) is 0 Å². The first kappa shape index (κ1) is 33.6. The molecule has 262 valence electrons. The van der Waals surface area contributed by atoms with Crippen LogP contribution in [0.3, 0.4) is 0 Å². The highest BCUT2D eigenvalue weighted by Crippen LogP contribution is 2.35. The molecule has 0 spiro atoms. The molecule has 14 heteroatoms. The predicted octanol–water partition coefficient (Wildman–Crippen LogP) is 4.18. The molecule has 0 N–H and O–H groups in total. The Labute approximate surface area is 288 Å². The van der Waals surface area contributed by atoms with Gasteiger partial charge in [0.15, 0.2) is 11.5 Å². The lowest BCUT2D eigenvalue weighted by atomic mass is 10.0. The number of rotatable bonds is 7. The first-order chi connectivity index (χ1) is 23.9. The first-order valence-electron chi connectivity index (χ1n) is 16.6. The highest BCUT2D eigenvalue weighted by Gasteiger charge is 2.41. The highest BCUT2D eigenvalue weighted by atomic mass is 19.1. The number of esters is 1. The summed E-state index contributed by atoms with van der Waals surface area (Å²) in [6, 6.07) is 11.2. The molecular formula is C36H38FN5O8. The van der Waals surface area contributed by atoms with Crippen LogP contribution in [0.25, 0.3) is 0 Å². The number of halogens is 1. The standard InChI is InChI=1S/C36H38FN5O8/c1-21-32(49-22(2)43)28-20-48-36(3,4)47-19-27(28)30(38-21)18-39-11-13-40(14-12-39)31-10-9-23(15-29(31)37)41-16-24(50-35(41)46)17-42-33(44)25-7-5-6-8-26(25)34(42)45/h5-10,15,24H,11-14,16-20H2,1-4H3/t24-/m1/s1. The van der Waals surface area contributed by atoms with Crippen LogP contribution >= 0.6 is 0 Å². The molecule has 0 radical (unpaired) electrons. The molecule has 50 heavy (non-hydrogen) atoms. The maximum absolute atomic E-state index is 15.6. The van der Waals surface area contributed by atoms with Gasteiger partial charge in [0.05, 0.1) is 60.2 Å². The van der Waals surface area contributed by atoms with Gasteiger partial charge < -0.3 is 23.8 Å². The molecule has 7 rings (SSSR count). The second-order valence-electron chi connectivity index (χ2n) is 13.3. The van der Waals surface area contributed by atoms with Crippen molar-refractivity contribution in [3.8, 4) is 5.75 Å². The topological polar surface area (TPSA) is 131 Å². The Kier molecular flexibility index (Phi) is 8.78. The van der Waals surface area contributed by atoms with Crippen molar-refractivity contribution >= 4 is 35.3 Å². The van der Waals surface area contributed by atoms with Gasteiger partial charge in [0.2, 0.25) is 0 Å². The largest absolute Gasteiger partial charge is 0.442 e. The van der Waals surface area contributed by atoms with Crippen LogP contribution in [-0.4, -0.2) is 89.8 Å². The van der Waals surface area contributed by atoms with Gasteiger partial charge in [-0.3, -0.25) is 34.1 Å². The number of aryl methyl sites for hydroxylation is 1. The Morgan fingerprint density at radius 2 is 1.64 bits per heavy atom. The van der Waals surface area contributed by atoms with Gasteiger partial charge in [0, 0.05) is 50.8 Å². The number of nitrogens with zero attached hydrogens (tertiary/aromatic N) is 5. The molecule has 4 aliphatic heterocycles. The van der Waals surface area contributed by atoms with Crippen LogP contribution in [0.15, 0.2) is 42.5 Å². The molecule has 2 saturated heterocycles. The van der Waals surface area contributed by atoms with E-state index in [1.54, 1.807) is 43.3 Å². The quantitative estimate of drug-likeness (QED) is 0.262. The molecule has 5 heterocycles. The molecule has 0 unspecified atom stereocenters. The molecule has 1 atom stereocenters. The number of imide groups is 1. The summed E-state index contributed by atoms with van der Waals surface area (Å²) in [5, 5.41) is 0. The van der Waals surface area contributed by atoms with Crippen LogP contribution in [0.1, 0.15) is 64.0 Å². The van der Waals surface area contributed by atoms with Gasteiger partial charge in [-0.15, -0.1) is 0 Å². The molecule has 0 bridgehead atoms. The van der Waals surface area contributed by atoms with E-state index in [1.807, 2.05) is 18.7 Å². The molecule has 2 fully saturated rings. The van der Waals surface area contributed by atoms with E-state index in [0.29, 0.717) is 66.7 Å². The number of carbonyl (C=O) groups is 4. The molecule has 4 aliphatic rings. The maximum atomic E-state index is 15.6. The van der Waals surface area contributed by atoms with E-state index < -0.39 is 41.6 Å². The average molecular weight is 688 g/mol. The lowest BCUT2D eigenvalue weighted by Crippen LogP contribution is -2.46. The Hall–Kier alpha value is -4.92. The third-order valence-corrected chi connectivity index (χ3v) is 9.46. The van der Waals surface area contributed by atoms with Crippen molar-refractivity contribution in [1.29, 1.82) is 0 Å². The van der Waals surface area contributed by atoms with Crippen LogP contribution in [0.4, 0.5) is 20.6 Å². The van der Waals surface area contributed by atoms with E-state index >= 15 is 4.39 Å². The normalized spacial score (nSPS) is 20.5. The SMILES string of the molecule is CC(=O)Oc1c(C)nc(CN2CCN(c3ccc(N4C[C@H](CN5C(=O)c6ccccc6C5=O)OC4=O)cc3F)CC2)c2c1COC(C)(C)OC2. The van der Waals surface area contributed by atoms with E-state index in [1.165, 1.54) is 17.9 Å². The number of ether oxygens (including phenoxy) is 4. The molecule has 0 aliphatic carbocycles. The fourth-order valence-electron chi connectivity index (χ4n) is 6.83. The molecule has 0 saturated carbocycles. The Morgan fingerprint density at radius 1 is 0.980 bits per heavy atom. The summed E-state index contributed by atoms with van der Waals surface area (Å²) in [6.45, 7) is 10.2. The van der Waals surface area contributed by atoms with Crippen molar-refractivity contribution < 1.29 is 42.5 Å². The van der Waals surface area contributed by atoms with Crippen molar-refractivity contribution in [2.45, 2.75) is 59.3 Å². The van der Waals surface area contributed by atoms with E-state index in [4.69, 9.17) is 23.9 Å². The zero-order chi connectivity index (χ0) is 35.3. The number of carbonyl (C=O) groups excluding carboxylic acids is 4. The minimum atomic E-state index is -0.818. The minimum Gasteiger partial charge on any atom is -0.442 e. The fourth-order valence-corrected chi connectivity index (χ4v) is 6.83. The smallest absolute Gasteiger partial charge is 0.414 e. The van der Waals surface area contributed by atoms with E-state index in [-0.39, 0.29) is 26.3 Å². The monoisotopic (exact) mass is 687 g/mol. The summed E-state index contributed by atoms with van der Waals surface area (Å²) in [6.07, 6.45) is -1.42. The van der Waals surface area contributed by atoms with Gasteiger partial charge in [0.1, 0.15) is 11.9 Å². The fraction of sp³-hybridized carbons (Fsp3) is 0.417. The van der Waals surface area contributed by atoms with Crippen molar-refractivity contribution in [3.63, 3.8) is 0 Å². The minimum absolute atomic E-state index is 0.0669. The molecule has 13 nitrogen and oxygen atoms in total. The summed E-state index contributed by atoms with van der Waals surface area (Å²) in [5.74, 6) is -2.18. The van der Waals surface area contributed by atoms with Crippen LogP contribution in [0.2, 0.25) is 0 Å². The second-order valence-corrected chi connectivity index (χ2v) is 13.3. The zero-order valence-corrected chi connectivity index (χ0v) is 28.4. The molecule has 2 aromatic carbocycles. The average Bonchev–Trinajstić information content (AvgIpc) is 3.50. The summed E-state index contributed by atoms with van der Waals surface area (Å²) < 4.78 is 38.6. The van der Waals surface area contributed by atoms with Gasteiger partial charge in [-0.1, -0.05) is 12.1 Å². The summed E-state index contributed by atoms with van der Waals surface area (Å²) in [7, 11) is 0. The van der Waals surface area contributed by atoms with Gasteiger partial charge in [-0.25, -0.2) is 9.18 Å². The van der Waals surface area contributed by atoms with Crippen molar-refractivity contribution in [1.82, 2.24) is 14.8 Å². The number of cyclic esters (lactones) is 1. The number of amides is 3. The Morgan fingerprint density at radius 3 is 2.28 bits per heavy atom. The summed E-state index contributed by atoms with van der Waals surface area (Å²) >= 11 is 0. The van der Waals surface area contributed by atoms with E-state index in [0.717, 1.165) is 21.7 Å². The van der Waals surface area contributed by atoms with E-state index in [2.05, 4.69) is 4.90 Å². The molecule has 3 aromatic rings. The number of pyridine rings is 1. The number of hydrogen-bond acceptors (Lipinski definition) is 11. The molecular weight excluding hydrogens is 649 g/mol. The zero-order valence-electron chi connectivity index (χ0n) is 28.4. The van der Waals surface area contributed by atoms with Crippen LogP contribution < -0.4 is 14.5 Å². The molecule has 1 aromatic heterocycles. The number of aromatic nitrogens is 1. The van der Waals surface area contributed by atoms with Gasteiger partial charge in [0.25, 0.3) is 11.8 Å². The maximum Gasteiger partial charge on any atom is 0.414 e. The predicted molar refractivity (Wildman–Crippen MR) is 177 cm³/mol. The molecule has 3 amide bonds. The highest BCUT2D eigenvalue weighted by molar-refractivity contribution is 6.21. The van der Waals surface area contributed by atoms with E-state index in [9.17, 15) is 19.2 Å². The van der Waals surface area contributed by atoms with Crippen molar-refractivity contribution in [2.75, 3.05) is 49.1 Å². The first-order valence-corrected chi connectivity index (χ1v) is 16.6. The van der Waals surface area contributed by atoms with Crippen LogP contribution in [0, 0.1) is 12.7 Å². The number of benzene rings is 2. The number of fused-ring (bicyclic) bond motifs is 2. The van der Waals surface area contributed by atoms with Crippen molar-refractivity contribution in [3.05, 3.63) is 81.9 Å². The Balaban J connectivity index is 0.988. The lowest BCUT2D eigenvalue weighted by Gasteiger charge is -2.36.